The minimum Gasteiger partial charge on any atom is -0.354 e. The van der Waals surface area contributed by atoms with Crippen molar-refractivity contribution in [1.29, 1.82) is 10.5 Å². The van der Waals surface area contributed by atoms with Crippen molar-refractivity contribution >= 4 is 23.0 Å². The first kappa shape index (κ1) is 12.0. The van der Waals surface area contributed by atoms with Crippen molar-refractivity contribution in [3.05, 3.63) is 58.6 Å². The summed E-state index contributed by atoms with van der Waals surface area (Å²) in [6, 6.07) is 16.3. The predicted molar refractivity (Wildman–Crippen MR) is 70.6 cm³/mol. The largest absolute Gasteiger partial charge is 0.354 e. The van der Waals surface area contributed by atoms with Gasteiger partial charge in [0.05, 0.1) is 27.9 Å². The summed E-state index contributed by atoms with van der Waals surface area (Å²) in [5.41, 5.74) is 2.31. The standard InChI is InChI=1S/C14H8ClN3/c15-13-5-2-6-14(12(13)9-17)18-11-4-1-3-10(7-11)8-16/h1-7,18H. The van der Waals surface area contributed by atoms with E-state index in [4.69, 9.17) is 22.1 Å². The third kappa shape index (κ3) is 2.43. The number of hydrogen-bond acceptors (Lipinski definition) is 3. The van der Waals surface area contributed by atoms with Crippen molar-refractivity contribution in [3.8, 4) is 12.1 Å². The second kappa shape index (κ2) is 5.23. The molecule has 4 heteroatoms. The van der Waals surface area contributed by atoms with Gasteiger partial charge in [-0.25, -0.2) is 0 Å². The average molecular weight is 254 g/mol. The minimum absolute atomic E-state index is 0.390. The maximum Gasteiger partial charge on any atom is 0.103 e. The van der Waals surface area contributed by atoms with Gasteiger partial charge in [0.15, 0.2) is 0 Å². The van der Waals surface area contributed by atoms with Crippen molar-refractivity contribution in [1.82, 2.24) is 0 Å². The van der Waals surface area contributed by atoms with Gasteiger partial charge in [0.1, 0.15) is 6.07 Å². The number of hydrogen-bond donors (Lipinski definition) is 1. The third-order valence-corrected chi connectivity index (χ3v) is 2.71. The second-order valence-electron chi connectivity index (χ2n) is 3.59. The van der Waals surface area contributed by atoms with Crippen molar-refractivity contribution < 1.29 is 0 Å². The fourth-order valence-electron chi connectivity index (χ4n) is 1.56. The Hall–Kier alpha value is -2.49. The van der Waals surface area contributed by atoms with Crippen LogP contribution in [0, 0.1) is 22.7 Å². The Morgan fingerprint density at radius 1 is 1.00 bits per heavy atom. The van der Waals surface area contributed by atoms with E-state index in [-0.39, 0.29) is 0 Å². The van der Waals surface area contributed by atoms with Gasteiger partial charge in [0, 0.05) is 5.69 Å². The molecule has 0 aliphatic heterocycles. The Balaban J connectivity index is 2.38. The van der Waals surface area contributed by atoms with Gasteiger partial charge in [0.25, 0.3) is 0 Å². The van der Waals surface area contributed by atoms with Gasteiger partial charge in [-0.15, -0.1) is 0 Å². The first-order valence-electron chi connectivity index (χ1n) is 5.20. The first-order chi connectivity index (χ1) is 8.74. The summed E-state index contributed by atoms with van der Waals surface area (Å²) < 4.78 is 0. The molecule has 0 aliphatic carbocycles. The zero-order valence-electron chi connectivity index (χ0n) is 9.31. The van der Waals surface area contributed by atoms with Crippen LogP contribution >= 0.6 is 11.6 Å². The van der Waals surface area contributed by atoms with Crippen LogP contribution in [0.3, 0.4) is 0 Å². The Labute approximate surface area is 110 Å². The third-order valence-electron chi connectivity index (χ3n) is 2.40. The monoisotopic (exact) mass is 253 g/mol. The van der Waals surface area contributed by atoms with E-state index in [1.807, 2.05) is 6.07 Å². The van der Waals surface area contributed by atoms with Crippen LogP contribution < -0.4 is 5.32 Å². The smallest absolute Gasteiger partial charge is 0.103 e. The Kier molecular flexibility index (Phi) is 3.48. The van der Waals surface area contributed by atoms with E-state index >= 15 is 0 Å². The molecule has 0 saturated heterocycles. The van der Waals surface area contributed by atoms with Crippen LogP contribution in [-0.2, 0) is 0 Å². The summed E-state index contributed by atoms with van der Waals surface area (Å²) in [4.78, 5) is 0. The first-order valence-corrected chi connectivity index (χ1v) is 5.58. The van der Waals surface area contributed by atoms with E-state index in [0.29, 0.717) is 21.8 Å². The Morgan fingerprint density at radius 2 is 1.78 bits per heavy atom. The van der Waals surface area contributed by atoms with Crippen LogP contribution in [0.1, 0.15) is 11.1 Å². The van der Waals surface area contributed by atoms with Gasteiger partial charge in [-0.1, -0.05) is 23.7 Å². The molecule has 0 atom stereocenters. The van der Waals surface area contributed by atoms with E-state index in [2.05, 4.69) is 17.5 Å². The summed E-state index contributed by atoms with van der Waals surface area (Å²) in [6.07, 6.45) is 0. The van der Waals surface area contributed by atoms with Crippen LogP contribution in [0.2, 0.25) is 5.02 Å². The zero-order chi connectivity index (χ0) is 13.0. The normalized spacial score (nSPS) is 9.28. The molecule has 2 aromatic rings. The molecule has 2 aromatic carbocycles. The average Bonchev–Trinajstić information content (AvgIpc) is 2.39. The molecule has 2 rings (SSSR count). The molecule has 1 N–H and O–H groups in total. The van der Waals surface area contributed by atoms with E-state index in [1.165, 1.54) is 0 Å². The van der Waals surface area contributed by atoms with Gasteiger partial charge in [-0.2, -0.15) is 10.5 Å². The minimum atomic E-state index is 0.390. The van der Waals surface area contributed by atoms with Crippen molar-refractivity contribution in [2.24, 2.45) is 0 Å². The quantitative estimate of drug-likeness (QED) is 0.885. The highest BCUT2D eigenvalue weighted by Gasteiger charge is 2.06. The summed E-state index contributed by atoms with van der Waals surface area (Å²) in [7, 11) is 0. The van der Waals surface area contributed by atoms with E-state index in [1.54, 1.807) is 36.4 Å². The molecular weight excluding hydrogens is 246 g/mol. The van der Waals surface area contributed by atoms with E-state index in [9.17, 15) is 0 Å². The molecule has 0 spiro atoms. The molecule has 0 bridgehead atoms. The molecule has 0 unspecified atom stereocenters. The predicted octanol–water partition coefficient (Wildman–Crippen LogP) is 3.83. The maximum atomic E-state index is 9.05. The molecule has 0 aromatic heterocycles. The van der Waals surface area contributed by atoms with Crippen LogP contribution in [0.25, 0.3) is 0 Å². The number of nitrogens with zero attached hydrogens (tertiary/aromatic N) is 2. The van der Waals surface area contributed by atoms with Crippen LogP contribution in [0.4, 0.5) is 11.4 Å². The molecule has 86 valence electrons. The number of nitriles is 2. The zero-order valence-corrected chi connectivity index (χ0v) is 10.1. The SMILES string of the molecule is N#Cc1cccc(Nc2cccc(Cl)c2C#N)c1. The van der Waals surface area contributed by atoms with E-state index in [0.717, 1.165) is 5.69 Å². The van der Waals surface area contributed by atoms with Crippen LogP contribution in [0.5, 0.6) is 0 Å². The van der Waals surface area contributed by atoms with Gasteiger partial charge in [-0.05, 0) is 30.3 Å². The molecule has 0 aliphatic rings. The van der Waals surface area contributed by atoms with Gasteiger partial charge in [0.2, 0.25) is 0 Å². The van der Waals surface area contributed by atoms with Gasteiger partial charge >= 0.3 is 0 Å². The van der Waals surface area contributed by atoms with E-state index < -0.39 is 0 Å². The van der Waals surface area contributed by atoms with Crippen LogP contribution in [-0.4, -0.2) is 0 Å². The topological polar surface area (TPSA) is 59.6 Å². The summed E-state index contributed by atoms with van der Waals surface area (Å²) in [6.45, 7) is 0. The summed E-state index contributed by atoms with van der Waals surface area (Å²) >= 11 is 5.94. The molecule has 3 nitrogen and oxygen atoms in total. The fourth-order valence-corrected chi connectivity index (χ4v) is 1.78. The lowest BCUT2D eigenvalue weighted by Crippen LogP contribution is -1.94. The lowest BCUT2D eigenvalue weighted by Gasteiger charge is -2.09. The Bertz CT molecular complexity index is 665. The van der Waals surface area contributed by atoms with Crippen molar-refractivity contribution in [2.75, 3.05) is 5.32 Å². The molecule has 0 amide bonds. The van der Waals surface area contributed by atoms with Crippen molar-refractivity contribution in [3.63, 3.8) is 0 Å². The maximum absolute atomic E-state index is 9.05. The molecule has 0 fully saturated rings. The number of nitrogens with one attached hydrogen (secondary N) is 1. The van der Waals surface area contributed by atoms with Crippen LogP contribution in [0.15, 0.2) is 42.5 Å². The molecule has 0 radical (unpaired) electrons. The highest BCUT2D eigenvalue weighted by molar-refractivity contribution is 6.32. The number of anilines is 2. The molecule has 0 heterocycles. The lowest BCUT2D eigenvalue weighted by molar-refractivity contribution is 1.45. The highest BCUT2D eigenvalue weighted by Crippen LogP contribution is 2.26. The van der Waals surface area contributed by atoms with Crippen molar-refractivity contribution in [2.45, 2.75) is 0 Å². The highest BCUT2D eigenvalue weighted by atomic mass is 35.5. The fraction of sp³-hybridized carbons (Fsp3) is 0. The molecule has 0 saturated carbocycles. The lowest BCUT2D eigenvalue weighted by atomic mass is 10.1. The Morgan fingerprint density at radius 3 is 2.50 bits per heavy atom. The summed E-state index contributed by atoms with van der Waals surface area (Å²) in [5.74, 6) is 0. The van der Waals surface area contributed by atoms with Gasteiger partial charge < -0.3 is 5.32 Å². The summed E-state index contributed by atoms with van der Waals surface area (Å²) in [5, 5.41) is 21.4. The number of rotatable bonds is 2. The number of benzene rings is 2. The number of halogens is 1. The van der Waals surface area contributed by atoms with Gasteiger partial charge in [-0.3, -0.25) is 0 Å². The molecular formula is C14H8ClN3. The molecule has 18 heavy (non-hydrogen) atoms. The second-order valence-corrected chi connectivity index (χ2v) is 4.00.